The van der Waals surface area contributed by atoms with E-state index in [9.17, 15) is 9.59 Å². The lowest BCUT2D eigenvalue weighted by atomic mass is 10.0. The highest BCUT2D eigenvalue weighted by atomic mass is 35.5. The molecular formula is C62H64Cl4N8O6S2. The molecular weight excluding hydrogens is 1160 g/mol. The van der Waals surface area contributed by atoms with Gasteiger partial charge in [-0.05, 0) is 98.7 Å². The van der Waals surface area contributed by atoms with Crippen LogP contribution in [0.5, 0.6) is 11.5 Å². The zero-order valence-electron chi connectivity index (χ0n) is 45.6. The van der Waals surface area contributed by atoms with Crippen LogP contribution in [-0.4, -0.2) is 148 Å². The normalized spacial score (nSPS) is 19.3. The summed E-state index contributed by atoms with van der Waals surface area (Å²) in [5.41, 5.74) is 7.45. The second kappa shape index (κ2) is 27.5. The lowest BCUT2D eigenvalue weighted by molar-refractivity contribution is -0.146. The Labute approximate surface area is 508 Å². The number of ether oxygens (including phenoxy) is 4. The first-order valence-electron chi connectivity index (χ1n) is 27.3. The Hall–Kier alpha value is -6.08. The maximum absolute atomic E-state index is 14.4. The summed E-state index contributed by atoms with van der Waals surface area (Å²) in [5.74, 6) is 1.37. The minimum Gasteiger partial charge on any atom is -0.495 e. The molecule has 4 heterocycles. The second-order valence-corrected chi connectivity index (χ2v) is 24.4. The number of carbonyl (C=O) groups excluding carboxylic acids is 2. The Morgan fingerprint density at radius 2 is 0.915 bits per heavy atom. The van der Waals surface area contributed by atoms with Crippen LogP contribution in [0.3, 0.4) is 0 Å². The van der Waals surface area contributed by atoms with Crippen molar-refractivity contribution in [3.05, 3.63) is 188 Å². The third kappa shape index (κ3) is 14.5. The fourth-order valence-corrected chi connectivity index (χ4v) is 13.5. The Morgan fingerprint density at radius 1 is 0.524 bits per heavy atom. The zero-order valence-corrected chi connectivity index (χ0v) is 50.3. The lowest BCUT2D eigenvalue weighted by Crippen LogP contribution is -2.47. The topological polar surface area (TPSA) is 133 Å². The van der Waals surface area contributed by atoms with E-state index >= 15 is 0 Å². The molecule has 82 heavy (non-hydrogen) atoms. The van der Waals surface area contributed by atoms with Crippen molar-refractivity contribution < 1.29 is 28.5 Å². The average molecular weight is 1220 g/mol. The van der Waals surface area contributed by atoms with Crippen molar-refractivity contribution >= 4 is 116 Å². The number of halogens is 4. The molecule has 2 atom stereocenters. The number of para-hydroxylation sites is 4. The summed E-state index contributed by atoms with van der Waals surface area (Å²) >= 11 is 29.8. The fourth-order valence-electron chi connectivity index (χ4n) is 10.6. The molecule has 4 aliphatic rings. The number of hydrogen-bond donors (Lipinski definition) is 2. The highest BCUT2D eigenvalue weighted by Gasteiger charge is 2.41. The van der Waals surface area contributed by atoms with E-state index in [0.29, 0.717) is 76.6 Å². The number of fused-ring (bicyclic) bond motifs is 2. The SMILES string of the molecule is COc1ccccc1N1CCN(CCCSC2(OC(=O)/C=C/C(=O)OC3(SCCCN4CCN(c5ccccc5OC)CC4)CN=C(c4ccccc4Cl)c4cc(Cl)ccc4N3)CN=C(c3ccccc3Cl)c3cc(Cl)ccc3N2)CC1. The first kappa shape index (κ1) is 59.1. The molecule has 4 aliphatic heterocycles. The molecule has 0 aromatic heterocycles. The molecule has 0 radical (unpaired) electrons. The quantitative estimate of drug-likeness (QED) is 0.0325. The van der Waals surface area contributed by atoms with Gasteiger partial charge in [0.2, 0.25) is 0 Å². The zero-order chi connectivity index (χ0) is 57.1. The number of esters is 2. The molecule has 6 aromatic rings. The summed E-state index contributed by atoms with van der Waals surface area (Å²) in [6, 6.07) is 42.0. The van der Waals surface area contributed by atoms with Crippen LogP contribution in [0.25, 0.3) is 0 Å². The third-order valence-corrected chi connectivity index (χ3v) is 18.3. The minimum atomic E-state index is -1.42. The van der Waals surface area contributed by atoms with Crippen LogP contribution >= 0.6 is 69.9 Å². The molecule has 14 nitrogen and oxygen atoms in total. The largest absolute Gasteiger partial charge is 0.495 e. The molecule has 0 aliphatic carbocycles. The number of methoxy groups -OCH3 is 2. The van der Waals surface area contributed by atoms with Crippen molar-refractivity contribution in [3.8, 4) is 11.5 Å². The highest BCUT2D eigenvalue weighted by Crippen LogP contribution is 2.40. The van der Waals surface area contributed by atoms with Gasteiger partial charge in [0.25, 0.3) is 10.1 Å². The van der Waals surface area contributed by atoms with E-state index in [1.54, 1.807) is 26.4 Å². The number of rotatable bonds is 20. The number of nitrogens with one attached hydrogen (secondary N) is 2. The molecule has 2 unspecified atom stereocenters. The predicted octanol–water partition coefficient (Wildman–Crippen LogP) is 12.4. The summed E-state index contributed by atoms with van der Waals surface area (Å²) in [6.45, 7) is 8.67. The van der Waals surface area contributed by atoms with Gasteiger partial charge < -0.3 is 39.4 Å². The number of hydrogen-bond acceptors (Lipinski definition) is 16. The maximum atomic E-state index is 14.4. The molecule has 0 saturated carbocycles. The smallest absolute Gasteiger partial charge is 0.333 e. The molecule has 2 N–H and O–H groups in total. The monoisotopic (exact) mass is 1220 g/mol. The van der Waals surface area contributed by atoms with Gasteiger partial charge in [-0.25, -0.2) is 9.59 Å². The summed E-state index contributed by atoms with van der Waals surface area (Å²) in [5, 5.41) is 6.28. The molecule has 0 amide bonds. The number of anilines is 4. The first-order valence-corrected chi connectivity index (χ1v) is 30.8. The van der Waals surface area contributed by atoms with Crippen LogP contribution < -0.4 is 29.9 Å². The van der Waals surface area contributed by atoms with Gasteiger partial charge >= 0.3 is 11.9 Å². The van der Waals surface area contributed by atoms with Crippen LogP contribution in [0.15, 0.2) is 156 Å². The third-order valence-electron chi connectivity index (χ3n) is 14.7. The van der Waals surface area contributed by atoms with Gasteiger partial charge in [0, 0.05) is 130 Å². The van der Waals surface area contributed by atoms with Gasteiger partial charge in [-0.15, -0.1) is 0 Å². The van der Waals surface area contributed by atoms with Crippen LogP contribution in [0.1, 0.15) is 35.1 Å². The van der Waals surface area contributed by atoms with Crippen molar-refractivity contribution in [2.45, 2.75) is 23.0 Å². The van der Waals surface area contributed by atoms with Crippen molar-refractivity contribution in [3.63, 3.8) is 0 Å². The van der Waals surface area contributed by atoms with Gasteiger partial charge in [-0.2, -0.15) is 0 Å². The van der Waals surface area contributed by atoms with Gasteiger partial charge in [0.1, 0.15) is 24.6 Å². The van der Waals surface area contributed by atoms with E-state index in [-0.39, 0.29) is 13.1 Å². The number of benzene rings is 6. The fraction of sp³-hybridized carbons (Fsp3) is 0.323. The summed E-state index contributed by atoms with van der Waals surface area (Å²) in [4.78, 5) is 48.6. The second-order valence-electron chi connectivity index (χ2n) is 20.0. The molecule has 20 heteroatoms. The van der Waals surface area contributed by atoms with Crippen molar-refractivity contribution in [2.24, 2.45) is 9.98 Å². The van der Waals surface area contributed by atoms with E-state index in [4.69, 9.17) is 75.3 Å². The standard InChI is InChI=1S/C62H64Cl4N8O6S2/c1-77-55-19-9-7-17-53(55)73-33-29-71(30-34-73)27-11-37-81-61(41-67-59(45-13-3-5-15-49(45)65)47-39-43(63)21-23-51(47)69-61)79-57(75)25-26-58(76)80-62(82-38-12-28-72-31-35-74(36-32-72)54-18-8-10-20-56(54)78-2)42-68-60(46-14-4-6-16-50(46)66)48-40-44(64)22-24-52(48)70-62/h3-10,13-26,39-40,69-70H,11-12,27-38,41-42H2,1-2H3/b26-25+. The lowest BCUT2D eigenvalue weighted by Gasteiger charge is -2.37. The molecule has 10 rings (SSSR count). The van der Waals surface area contributed by atoms with Crippen LogP contribution in [0.4, 0.5) is 22.7 Å². The van der Waals surface area contributed by atoms with E-state index in [1.807, 2.05) is 109 Å². The number of carbonyl (C=O) groups is 2. The Morgan fingerprint density at radius 3 is 1.32 bits per heavy atom. The number of benzodiazepines with no additional fused rings is 2. The minimum absolute atomic E-state index is 0.00244. The highest BCUT2D eigenvalue weighted by molar-refractivity contribution is 8.00. The van der Waals surface area contributed by atoms with Crippen molar-refractivity contribution in [1.29, 1.82) is 0 Å². The van der Waals surface area contributed by atoms with Gasteiger partial charge in [0.15, 0.2) is 0 Å². The van der Waals surface area contributed by atoms with E-state index in [0.717, 1.165) is 113 Å². The van der Waals surface area contributed by atoms with Gasteiger partial charge in [-0.1, -0.05) is 131 Å². The van der Waals surface area contributed by atoms with E-state index in [1.165, 1.54) is 23.5 Å². The van der Waals surface area contributed by atoms with Gasteiger partial charge in [0.05, 0.1) is 37.0 Å². The van der Waals surface area contributed by atoms with Gasteiger partial charge in [-0.3, -0.25) is 19.8 Å². The molecule has 2 fully saturated rings. The van der Waals surface area contributed by atoms with E-state index < -0.39 is 22.1 Å². The molecule has 428 valence electrons. The first-order chi connectivity index (χ1) is 39.9. The van der Waals surface area contributed by atoms with Crippen LogP contribution in [0, 0.1) is 0 Å². The van der Waals surface area contributed by atoms with E-state index in [2.05, 4.69) is 42.4 Å². The Kier molecular flexibility index (Phi) is 19.8. The Balaban J connectivity index is 0.863. The number of aliphatic imine (C=N–C) groups is 2. The summed E-state index contributed by atoms with van der Waals surface area (Å²) < 4.78 is 24.2. The molecule has 2 saturated heterocycles. The average Bonchev–Trinajstić information content (AvgIpc) is 4.03. The van der Waals surface area contributed by atoms with Crippen molar-refractivity contribution in [1.82, 2.24) is 9.80 Å². The van der Waals surface area contributed by atoms with Crippen LogP contribution in [0.2, 0.25) is 20.1 Å². The molecule has 0 spiro atoms. The predicted molar refractivity (Wildman–Crippen MR) is 338 cm³/mol. The summed E-state index contributed by atoms with van der Waals surface area (Å²) in [7, 11) is 3.41. The maximum Gasteiger partial charge on any atom is 0.333 e. The Bertz CT molecular complexity index is 3120. The molecule has 6 aromatic carbocycles. The number of thioether (sulfide) groups is 2. The summed E-state index contributed by atoms with van der Waals surface area (Å²) in [6.07, 6.45) is 3.79. The number of nitrogens with zero attached hydrogens (tertiary/aromatic N) is 6. The van der Waals surface area contributed by atoms with Crippen LogP contribution in [-0.2, 0) is 19.1 Å². The molecule has 0 bridgehead atoms. The van der Waals surface area contributed by atoms with Crippen molar-refractivity contribution in [2.75, 3.05) is 125 Å². The number of piperazine rings is 2.